The van der Waals surface area contributed by atoms with Crippen LogP contribution in [0.15, 0.2) is 53.3 Å². The zero-order valence-electron chi connectivity index (χ0n) is 12.5. The fraction of sp³-hybridized carbons (Fsp3) is 0.125. The lowest BCUT2D eigenvalue weighted by atomic mass is 10.3. The van der Waals surface area contributed by atoms with E-state index in [1.54, 1.807) is 24.3 Å². The molecule has 0 unspecified atom stereocenters. The molecule has 0 fully saturated rings. The number of amides is 2. The summed E-state index contributed by atoms with van der Waals surface area (Å²) < 4.78 is 5.56. The Balaban J connectivity index is 1.72. The summed E-state index contributed by atoms with van der Waals surface area (Å²) in [5.41, 5.74) is 0.844. The van der Waals surface area contributed by atoms with Crippen LogP contribution in [0, 0.1) is 0 Å². The molecule has 7 nitrogen and oxygen atoms in total. The highest BCUT2D eigenvalue weighted by Crippen LogP contribution is 2.20. The molecule has 1 heterocycles. The van der Waals surface area contributed by atoms with E-state index in [2.05, 4.69) is 31.5 Å². The molecule has 0 aliphatic carbocycles. The van der Waals surface area contributed by atoms with Crippen LogP contribution >= 0.6 is 15.9 Å². The van der Waals surface area contributed by atoms with Crippen LogP contribution in [0.3, 0.4) is 0 Å². The normalized spacial score (nSPS) is 9.88. The highest BCUT2D eigenvalue weighted by atomic mass is 79.9. The molecule has 2 aromatic rings. The van der Waals surface area contributed by atoms with E-state index in [9.17, 15) is 14.4 Å². The van der Waals surface area contributed by atoms with Crippen LogP contribution in [0.25, 0.3) is 0 Å². The van der Waals surface area contributed by atoms with E-state index in [-0.39, 0.29) is 12.1 Å². The second-order valence-electron chi connectivity index (χ2n) is 4.62. The topological polar surface area (TPSA) is 97.4 Å². The molecule has 0 radical (unpaired) electrons. The largest absolute Gasteiger partial charge is 0.452 e. The summed E-state index contributed by atoms with van der Waals surface area (Å²) in [5, 5.41) is 5.01. The lowest BCUT2D eigenvalue weighted by Gasteiger charge is -2.08. The van der Waals surface area contributed by atoms with Crippen molar-refractivity contribution in [1.29, 1.82) is 0 Å². The van der Waals surface area contributed by atoms with Crippen LogP contribution in [0.1, 0.15) is 10.4 Å². The molecule has 0 aliphatic rings. The van der Waals surface area contributed by atoms with Gasteiger partial charge in [0.05, 0.1) is 17.8 Å². The molecular formula is C16H14BrN3O4. The number of benzene rings is 1. The van der Waals surface area contributed by atoms with Crippen LogP contribution in [-0.2, 0) is 14.3 Å². The second kappa shape index (κ2) is 8.78. The third-order valence-corrected chi connectivity index (χ3v) is 3.52. The average Bonchev–Trinajstić information content (AvgIpc) is 2.60. The maximum atomic E-state index is 11.8. The molecular weight excluding hydrogens is 378 g/mol. The standard InChI is InChI=1S/C16H14BrN3O4/c17-12-5-1-2-6-13(12)20-14(21)9-19-15(22)10-24-16(23)11-4-3-7-18-8-11/h1-8H,9-10H2,(H,19,22)(H,20,21). The Bertz CT molecular complexity index is 737. The predicted molar refractivity (Wildman–Crippen MR) is 90.3 cm³/mol. The Morgan fingerprint density at radius 3 is 2.58 bits per heavy atom. The van der Waals surface area contributed by atoms with Crippen LogP contribution < -0.4 is 10.6 Å². The highest BCUT2D eigenvalue weighted by molar-refractivity contribution is 9.10. The monoisotopic (exact) mass is 391 g/mol. The molecule has 2 rings (SSSR count). The first-order chi connectivity index (χ1) is 11.6. The number of hydrogen-bond acceptors (Lipinski definition) is 5. The van der Waals surface area contributed by atoms with Crippen molar-refractivity contribution in [2.24, 2.45) is 0 Å². The number of aromatic nitrogens is 1. The number of esters is 1. The van der Waals surface area contributed by atoms with Crippen LogP contribution in [0.5, 0.6) is 0 Å². The number of rotatable bonds is 6. The van der Waals surface area contributed by atoms with Gasteiger partial charge >= 0.3 is 5.97 Å². The van der Waals surface area contributed by atoms with Gasteiger partial charge in [0, 0.05) is 16.9 Å². The number of carbonyl (C=O) groups excluding carboxylic acids is 3. The Morgan fingerprint density at radius 1 is 1.08 bits per heavy atom. The quantitative estimate of drug-likeness (QED) is 0.731. The summed E-state index contributed by atoms with van der Waals surface area (Å²) >= 11 is 3.30. The number of anilines is 1. The molecule has 2 amide bonds. The SMILES string of the molecule is O=C(COC(=O)c1cccnc1)NCC(=O)Nc1ccccc1Br. The summed E-state index contributed by atoms with van der Waals surface area (Å²) in [4.78, 5) is 38.8. The van der Waals surface area contributed by atoms with Gasteiger partial charge in [0.1, 0.15) is 0 Å². The first-order valence-electron chi connectivity index (χ1n) is 6.94. The van der Waals surface area contributed by atoms with Crippen LogP contribution in [-0.4, -0.2) is 35.9 Å². The van der Waals surface area contributed by atoms with Crippen molar-refractivity contribution in [3.05, 3.63) is 58.8 Å². The smallest absolute Gasteiger partial charge is 0.340 e. The number of nitrogens with zero attached hydrogens (tertiary/aromatic N) is 1. The van der Waals surface area contributed by atoms with Crippen molar-refractivity contribution in [3.8, 4) is 0 Å². The van der Waals surface area contributed by atoms with E-state index in [4.69, 9.17) is 4.74 Å². The summed E-state index contributed by atoms with van der Waals surface area (Å²) in [6, 6.07) is 10.2. The van der Waals surface area contributed by atoms with Crippen molar-refractivity contribution in [3.63, 3.8) is 0 Å². The van der Waals surface area contributed by atoms with Crippen molar-refractivity contribution >= 4 is 39.4 Å². The van der Waals surface area contributed by atoms with Crippen molar-refractivity contribution < 1.29 is 19.1 Å². The van der Waals surface area contributed by atoms with Gasteiger partial charge in [0.15, 0.2) is 6.61 Å². The molecule has 24 heavy (non-hydrogen) atoms. The number of hydrogen-bond donors (Lipinski definition) is 2. The molecule has 0 spiro atoms. The van der Waals surface area contributed by atoms with E-state index < -0.39 is 24.4 Å². The number of pyridine rings is 1. The number of para-hydroxylation sites is 1. The molecule has 124 valence electrons. The molecule has 0 bridgehead atoms. The third-order valence-electron chi connectivity index (χ3n) is 2.83. The van der Waals surface area contributed by atoms with Gasteiger partial charge in [-0.1, -0.05) is 12.1 Å². The van der Waals surface area contributed by atoms with Gasteiger partial charge in [-0.05, 0) is 40.2 Å². The van der Waals surface area contributed by atoms with Gasteiger partial charge in [0.25, 0.3) is 5.91 Å². The van der Waals surface area contributed by atoms with E-state index in [0.29, 0.717) is 5.69 Å². The van der Waals surface area contributed by atoms with Crippen molar-refractivity contribution in [1.82, 2.24) is 10.3 Å². The minimum Gasteiger partial charge on any atom is -0.452 e. The van der Waals surface area contributed by atoms with Gasteiger partial charge in [-0.2, -0.15) is 0 Å². The van der Waals surface area contributed by atoms with Gasteiger partial charge in [-0.25, -0.2) is 4.79 Å². The number of ether oxygens (including phenoxy) is 1. The molecule has 0 saturated heterocycles. The lowest BCUT2D eigenvalue weighted by Crippen LogP contribution is -2.35. The zero-order chi connectivity index (χ0) is 17.4. The number of nitrogens with one attached hydrogen (secondary N) is 2. The van der Waals surface area contributed by atoms with E-state index in [1.165, 1.54) is 18.5 Å². The first-order valence-corrected chi connectivity index (χ1v) is 7.74. The molecule has 0 atom stereocenters. The van der Waals surface area contributed by atoms with Gasteiger partial charge in [0.2, 0.25) is 5.91 Å². The molecule has 8 heteroatoms. The number of halogens is 1. The number of carbonyl (C=O) groups is 3. The highest BCUT2D eigenvalue weighted by Gasteiger charge is 2.11. The van der Waals surface area contributed by atoms with E-state index in [1.807, 2.05) is 6.07 Å². The maximum absolute atomic E-state index is 11.8. The Kier molecular flexibility index (Phi) is 6.44. The van der Waals surface area contributed by atoms with Crippen molar-refractivity contribution in [2.75, 3.05) is 18.5 Å². The van der Waals surface area contributed by atoms with E-state index in [0.717, 1.165) is 4.47 Å². The third kappa shape index (κ3) is 5.47. The van der Waals surface area contributed by atoms with Crippen LogP contribution in [0.4, 0.5) is 5.69 Å². The summed E-state index contributed by atoms with van der Waals surface area (Å²) in [7, 11) is 0. The molecule has 2 N–H and O–H groups in total. The Hall–Kier alpha value is -2.74. The molecule has 1 aromatic heterocycles. The molecule has 1 aromatic carbocycles. The van der Waals surface area contributed by atoms with E-state index >= 15 is 0 Å². The summed E-state index contributed by atoms with van der Waals surface area (Å²) in [5.74, 6) is -1.63. The zero-order valence-corrected chi connectivity index (χ0v) is 14.1. The van der Waals surface area contributed by atoms with Gasteiger partial charge in [-0.3, -0.25) is 14.6 Å². The molecule has 0 saturated carbocycles. The summed E-state index contributed by atoms with van der Waals surface area (Å²) in [6.45, 7) is -0.708. The lowest BCUT2D eigenvalue weighted by molar-refractivity contribution is -0.126. The van der Waals surface area contributed by atoms with Crippen molar-refractivity contribution in [2.45, 2.75) is 0 Å². The second-order valence-corrected chi connectivity index (χ2v) is 5.48. The fourth-order valence-corrected chi connectivity index (χ4v) is 2.07. The van der Waals surface area contributed by atoms with Crippen LogP contribution in [0.2, 0.25) is 0 Å². The summed E-state index contributed by atoms with van der Waals surface area (Å²) in [6.07, 6.45) is 2.86. The Morgan fingerprint density at radius 2 is 1.88 bits per heavy atom. The predicted octanol–water partition coefficient (Wildman–Crippen LogP) is 1.76. The molecule has 0 aliphatic heterocycles. The van der Waals surface area contributed by atoms with Gasteiger partial charge < -0.3 is 15.4 Å². The first kappa shape index (κ1) is 17.6. The Labute approximate surface area is 146 Å². The average molecular weight is 392 g/mol. The maximum Gasteiger partial charge on any atom is 0.340 e. The fourth-order valence-electron chi connectivity index (χ4n) is 1.68. The minimum absolute atomic E-state index is 0.232. The van der Waals surface area contributed by atoms with Gasteiger partial charge in [-0.15, -0.1) is 0 Å². The minimum atomic E-state index is -0.657.